The van der Waals surface area contributed by atoms with Crippen LogP contribution in [-0.2, 0) is 4.79 Å². The maximum atomic E-state index is 12.4. The summed E-state index contributed by atoms with van der Waals surface area (Å²) < 4.78 is 10.9. The fourth-order valence-corrected chi connectivity index (χ4v) is 3.46. The molecule has 0 spiro atoms. The molecule has 1 amide bonds. The van der Waals surface area contributed by atoms with Gasteiger partial charge in [0.05, 0.1) is 6.54 Å². The minimum absolute atomic E-state index is 0.246. The molecule has 1 aromatic carbocycles. The first kappa shape index (κ1) is 13.9. The molecule has 2 fully saturated rings. The van der Waals surface area contributed by atoms with Gasteiger partial charge in [0.15, 0.2) is 11.5 Å². The molecule has 1 saturated heterocycles. The zero-order chi connectivity index (χ0) is 15.1. The largest absolute Gasteiger partial charge is 0.454 e. The van der Waals surface area contributed by atoms with Crippen LogP contribution in [0.15, 0.2) is 18.2 Å². The van der Waals surface area contributed by atoms with Gasteiger partial charge in [0.2, 0.25) is 12.7 Å². The fraction of sp³-hybridized carbons (Fsp3) is 0.588. The van der Waals surface area contributed by atoms with Crippen molar-refractivity contribution in [1.29, 1.82) is 0 Å². The summed E-state index contributed by atoms with van der Waals surface area (Å²) in [4.78, 5) is 16.6. The van der Waals surface area contributed by atoms with Gasteiger partial charge in [-0.2, -0.15) is 0 Å². The van der Waals surface area contributed by atoms with Crippen LogP contribution < -0.4 is 9.47 Å². The van der Waals surface area contributed by atoms with Crippen molar-refractivity contribution < 1.29 is 14.3 Å². The molecular formula is C17H22N2O3. The second-order valence-corrected chi connectivity index (χ2v) is 6.48. The van der Waals surface area contributed by atoms with Crippen LogP contribution in [0.5, 0.6) is 11.5 Å². The van der Waals surface area contributed by atoms with Crippen LogP contribution in [0.3, 0.4) is 0 Å². The van der Waals surface area contributed by atoms with E-state index in [0.29, 0.717) is 25.4 Å². The van der Waals surface area contributed by atoms with Crippen molar-refractivity contribution >= 4 is 5.91 Å². The van der Waals surface area contributed by atoms with E-state index in [1.54, 1.807) is 0 Å². The molecule has 1 saturated carbocycles. The Morgan fingerprint density at radius 2 is 2.09 bits per heavy atom. The first-order valence-corrected chi connectivity index (χ1v) is 8.11. The van der Waals surface area contributed by atoms with Gasteiger partial charge < -0.3 is 14.4 Å². The Hall–Kier alpha value is -1.75. The molecule has 0 unspecified atom stereocenters. The van der Waals surface area contributed by atoms with Crippen molar-refractivity contribution in [3.63, 3.8) is 0 Å². The lowest BCUT2D eigenvalue weighted by Gasteiger charge is -2.27. The summed E-state index contributed by atoms with van der Waals surface area (Å²) >= 11 is 0. The molecule has 0 aromatic heterocycles. The lowest BCUT2D eigenvalue weighted by Crippen LogP contribution is -2.39. The minimum atomic E-state index is 0.246. The third-order valence-electron chi connectivity index (χ3n) is 4.97. The average molecular weight is 302 g/mol. The maximum absolute atomic E-state index is 12.4. The van der Waals surface area contributed by atoms with Crippen molar-refractivity contribution in [2.75, 3.05) is 26.9 Å². The number of likely N-dealkylation sites (tertiary alicyclic amines) is 1. The van der Waals surface area contributed by atoms with E-state index in [-0.39, 0.29) is 5.91 Å². The lowest BCUT2D eigenvalue weighted by atomic mass is 10.0. The number of carbonyl (C=O) groups is 1. The summed E-state index contributed by atoms with van der Waals surface area (Å²) in [6.07, 6.45) is 4.56. The minimum Gasteiger partial charge on any atom is -0.454 e. The van der Waals surface area contributed by atoms with E-state index < -0.39 is 0 Å². The molecule has 0 N–H and O–H groups in total. The van der Waals surface area contributed by atoms with Crippen LogP contribution >= 0.6 is 0 Å². The van der Waals surface area contributed by atoms with Gasteiger partial charge in [0, 0.05) is 19.1 Å². The number of likely N-dealkylation sites (N-methyl/N-ethyl adjacent to an activating group) is 1. The van der Waals surface area contributed by atoms with Crippen LogP contribution in [0.25, 0.3) is 0 Å². The van der Waals surface area contributed by atoms with Crippen molar-refractivity contribution in [3.8, 4) is 11.5 Å². The molecule has 2 aliphatic heterocycles. The quantitative estimate of drug-likeness (QED) is 0.855. The van der Waals surface area contributed by atoms with E-state index in [0.717, 1.165) is 43.7 Å². The average Bonchev–Trinajstić information content (AvgIpc) is 3.09. The highest BCUT2D eigenvalue weighted by atomic mass is 16.7. The molecule has 1 aliphatic carbocycles. The van der Waals surface area contributed by atoms with E-state index in [9.17, 15) is 4.79 Å². The molecule has 2 heterocycles. The first-order valence-electron chi connectivity index (χ1n) is 8.11. The predicted octanol–water partition coefficient (Wildman–Crippen LogP) is 2.17. The van der Waals surface area contributed by atoms with Gasteiger partial charge in [-0.25, -0.2) is 0 Å². The van der Waals surface area contributed by atoms with Crippen LogP contribution in [0.1, 0.15) is 37.3 Å². The lowest BCUT2D eigenvalue weighted by molar-refractivity contribution is -0.131. The third-order valence-corrected chi connectivity index (χ3v) is 4.97. The van der Waals surface area contributed by atoms with Gasteiger partial charge in [0.1, 0.15) is 0 Å². The molecule has 0 bridgehead atoms. The topological polar surface area (TPSA) is 42.0 Å². The van der Waals surface area contributed by atoms with Gasteiger partial charge in [0.25, 0.3) is 0 Å². The Balaban J connectivity index is 1.47. The van der Waals surface area contributed by atoms with Crippen molar-refractivity contribution in [2.45, 2.75) is 37.8 Å². The maximum Gasteiger partial charge on any atom is 0.236 e. The van der Waals surface area contributed by atoms with Gasteiger partial charge in [-0.1, -0.05) is 6.07 Å². The number of benzene rings is 1. The number of amides is 1. The molecule has 4 rings (SSSR count). The summed E-state index contributed by atoms with van der Waals surface area (Å²) in [7, 11) is 1.94. The van der Waals surface area contributed by atoms with E-state index in [4.69, 9.17) is 9.47 Å². The van der Waals surface area contributed by atoms with Crippen LogP contribution in [0.2, 0.25) is 0 Å². The Kier molecular flexibility index (Phi) is 3.45. The molecule has 3 aliphatic rings. The summed E-state index contributed by atoms with van der Waals surface area (Å²) in [5.41, 5.74) is 1.23. The number of nitrogens with zero attached hydrogens (tertiary/aromatic N) is 2. The number of carbonyl (C=O) groups excluding carboxylic acids is 1. The molecule has 118 valence electrons. The van der Waals surface area contributed by atoms with Crippen LogP contribution in [0.4, 0.5) is 0 Å². The number of hydrogen-bond acceptors (Lipinski definition) is 4. The molecule has 22 heavy (non-hydrogen) atoms. The zero-order valence-corrected chi connectivity index (χ0v) is 13.0. The number of rotatable bonds is 4. The summed E-state index contributed by atoms with van der Waals surface area (Å²) in [5, 5.41) is 0. The SMILES string of the molecule is CN(C(=O)CN1CCC[C@H]1c1ccc2c(c1)OCO2)C1CC1. The van der Waals surface area contributed by atoms with E-state index in [1.165, 1.54) is 5.56 Å². The van der Waals surface area contributed by atoms with Crippen LogP contribution in [-0.4, -0.2) is 48.7 Å². The Morgan fingerprint density at radius 3 is 2.91 bits per heavy atom. The molecule has 1 atom stereocenters. The molecule has 0 radical (unpaired) electrons. The van der Waals surface area contributed by atoms with E-state index in [1.807, 2.05) is 18.0 Å². The molecule has 5 heteroatoms. The smallest absolute Gasteiger partial charge is 0.236 e. The second-order valence-electron chi connectivity index (χ2n) is 6.48. The number of fused-ring (bicyclic) bond motifs is 1. The molecule has 5 nitrogen and oxygen atoms in total. The third kappa shape index (κ3) is 2.54. The monoisotopic (exact) mass is 302 g/mol. The predicted molar refractivity (Wildman–Crippen MR) is 81.9 cm³/mol. The molecular weight excluding hydrogens is 280 g/mol. The van der Waals surface area contributed by atoms with Crippen molar-refractivity contribution in [2.24, 2.45) is 0 Å². The second kappa shape index (κ2) is 5.47. The highest BCUT2D eigenvalue weighted by molar-refractivity contribution is 5.78. The fourth-order valence-electron chi connectivity index (χ4n) is 3.46. The summed E-state index contributed by atoms with van der Waals surface area (Å²) in [6, 6.07) is 6.95. The first-order chi connectivity index (χ1) is 10.7. The van der Waals surface area contributed by atoms with Gasteiger partial charge >= 0.3 is 0 Å². The normalized spacial score (nSPS) is 23.8. The van der Waals surface area contributed by atoms with Gasteiger partial charge in [-0.15, -0.1) is 0 Å². The summed E-state index contributed by atoms with van der Waals surface area (Å²) in [6.45, 7) is 1.81. The highest BCUT2D eigenvalue weighted by Crippen LogP contribution is 2.39. The molecule has 1 aromatic rings. The van der Waals surface area contributed by atoms with Gasteiger partial charge in [-0.05, 0) is 49.9 Å². The van der Waals surface area contributed by atoms with E-state index >= 15 is 0 Å². The Labute approximate surface area is 130 Å². The van der Waals surface area contributed by atoms with Crippen LogP contribution in [0, 0.1) is 0 Å². The van der Waals surface area contributed by atoms with Crippen molar-refractivity contribution in [3.05, 3.63) is 23.8 Å². The van der Waals surface area contributed by atoms with Gasteiger partial charge in [-0.3, -0.25) is 9.69 Å². The highest BCUT2D eigenvalue weighted by Gasteiger charge is 2.33. The number of hydrogen-bond donors (Lipinski definition) is 0. The van der Waals surface area contributed by atoms with Crippen molar-refractivity contribution in [1.82, 2.24) is 9.80 Å². The van der Waals surface area contributed by atoms with E-state index in [2.05, 4.69) is 17.0 Å². The Bertz CT molecular complexity index is 585. The Morgan fingerprint density at radius 1 is 1.27 bits per heavy atom. The number of ether oxygens (including phenoxy) is 2. The summed E-state index contributed by atoms with van der Waals surface area (Å²) in [5.74, 6) is 1.89. The zero-order valence-electron chi connectivity index (χ0n) is 13.0. The standard InChI is InChI=1S/C17H22N2O3/c1-18(13-5-6-13)17(20)10-19-8-2-3-14(19)12-4-7-15-16(9-12)22-11-21-15/h4,7,9,13-14H,2-3,5-6,8,10-11H2,1H3/t14-/m0/s1.